The first-order valence-electron chi connectivity index (χ1n) is 12.3. The van der Waals surface area contributed by atoms with Crippen LogP contribution in [0, 0.1) is 13.8 Å². The minimum Gasteiger partial charge on any atom is -0.430 e. The summed E-state index contributed by atoms with van der Waals surface area (Å²) in [6, 6.07) is 17.8. The summed E-state index contributed by atoms with van der Waals surface area (Å²) in [6.07, 6.45) is 2.49. The molecule has 5 rings (SSSR count). The molecule has 1 amide bonds. The molecule has 2 heterocycles. The maximum Gasteiger partial charge on any atom is 0.298 e. The molecule has 40 heavy (non-hydrogen) atoms. The van der Waals surface area contributed by atoms with Crippen molar-refractivity contribution >= 4 is 51.1 Å². The molecule has 0 unspecified atom stereocenters. The molecule has 0 saturated heterocycles. The summed E-state index contributed by atoms with van der Waals surface area (Å²) in [6.45, 7) is 7.03. The number of amides is 1. The van der Waals surface area contributed by atoms with Crippen molar-refractivity contribution < 1.29 is 17.9 Å². The number of aryl methyl sites for hydroxylation is 2. The first kappa shape index (κ1) is 29.2. The Balaban J connectivity index is 0.000000255. The van der Waals surface area contributed by atoms with E-state index in [0.717, 1.165) is 45.5 Å². The SMILES string of the molecule is CCN(C)C=Nc1cc(C)c(Oc2nc(Cc3ccc(Cl)cc3)ns2)cc1C.O=C1NS(=O)(=O)c2ccccc21. The summed E-state index contributed by atoms with van der Waals surface area (Å²) in [5.41, 5.74) is 4.32. The van der Waals surface area contributed by atoms with Gasteiger partial charge in [-0.15, -0.1) is 0 Å². The highest BCUT2D eigenvalue weighted by molar-refractivity contribution is 7.90. The molecular formula is C28H28ClN5O4S2. The molecule has 0 fully saturated rings. The maximum atomic E-state index is 11.1. The highest BCUT2D eigenvalue weighted by atomic mass is 35.5. The minimum atomic E-state index is -3.55. The lowest BCUT2D eigenvalue weighted by atomic mass is 10.1. The Bertz CT molecular complexity index is 1650. The fourth-order valence-electron chi connectivity index (χ4n) is 3.62. The Labute approximate surface area is 242 Å². The van der Waals surface area contributed by atoms with Gasteiger partial charge in [-0.05, 0) is 73.9 Å². The summed E-state index contributed by atoms with van der Waals surface area (Å²) in [5.74, 6) is 0.959. The van der Waals surface area contributed by atoms with Gasteiger partial charge in [0.25, 0.3) is 21.1 Å². The Morgan fingerprint density at radius 2 is 1.82 bits per heavy atom. The number of fused-ring (bicyclic) bond motifs is 1. The van der Waals surface area contributed by atoms with Crippen molar-refractivity contribution in [2.75, 3.05) is 13.6 Å². The zero-order chi connectivity index (χ0) is 28.9. The van der Waals surface area contributed by atoms with E-state index < -0.39 is 15.9 Å². The van der Waals surface area contributed by atoms with Crippen LogP contribution >= 0.6 is 23.1 Å². The summed E-state index contributed by atoms with van der Waals surface area (Å²) >= 11 is 7.19. The number of benzene rings is 3. The number of aliphatic imine (C=N–C) groups is 1. The van der Waals surface area contributed by atoms with Crippen molar-refractivity contribution in [3.05, 3.63) is 93.8 Å². The van der Waals surface area contributed by atoms with Gasteiger partial charge in [-0.2, -0.15) is 9.36 Å². The van der Waals surface area contributed by atoms with Crippen LogP contribution < -0.4 is 9.46 Å². The van der Waals surface area contributed by atoms with Gasteiger partial charge in [0.2, 0.25) is 0 Å². The van der Waals surface area contributed by atoms with E-state index in [2.05, 4.69) is 21.3 Å². The molecule has 0 saturated carbocycles. The summed E-state index contributed by atoms with van der Waals surface area (Å²) < 4.78 is 34.5. The van der Waals surface area contributed by atoms with Crippen molar-refractivity contribution in [2.45, 2.75) is 32.1 Å². The molecule has 0 atom stereocenters. The van der Waals surface area contributed by atoms with E-state index in [1.807, 2.05) is 73.3 Å². The van der Waals surface area contributed by atoms with Gasteiger partial charge in [-0.25, -0.2) is 18.1 Å². The third-order valence-corrected chi connectivity index (χ3v) is 8.23. The fourth-order valence-corrected chi connectivity index (χ4v) is 5.48. The number of sulfonamides is 1. The molecular weight excluding hydrogens is 570 g/mol. The molecule has 1 aliphatic heterocycles. The average Bonchev–Trinajstić information content (AvgIpc) is 3.47. The molecule has 1 aromatic heterocycles. The molecule has 0 bridgehead atoms. The molecule has 0 aliphatic carbocycles. The lowest BCUT2D eigenvalue weighted by Gasteiger charge is -2.11. The molecule has 208 valence electrons. The number of hydrogen-bond acceptors (Lipinski definition) is 8. The molecule has 1 N–H and O–H groups in total. The Kier molecular flexibility index (Phi) is 9.18. The highest BCUT2D eigenvalue weighted by Crippen LogP contribution is 2.32. The lowest BCUT2D eigenvalue weighted by Crippen LogP contribution is -2.20. The van der Waals surface area contributed by atoms with Crippen LogP contribution in [0.1, 0.15) is 39.8 Å². The van der Waals surface area contributed by atoms with Gasteiger partial charge in [0.05, 0.1) is 17.6 Å². The van der Waals surface area contributed by atoms with Gasteiger partial charge in [0, 0.05) is 36.6 Å². The predicted octanol–water partition coefficient (Wildman–Crippen LogP) is 5.92. The molecule has 0 spiro atoms. The van der Waals surface area contributed by atoms with E-state index in [0.29, 0.717) is 11.6 Å². The Hall–Kier alpha value is -3.80. The van der Waals surface area contributed by atoms with Crippen molar-refractivity contribution in [1.29, 1.82) is 0 Å². The lowest BCUT2D eigenvalue weighted by molar-refractivity contribution is 0.0985. The second kappa shape index (κ2) is 12.6. The fraction of sp³-hybridized carbons (Fsp3) is 0.214. The largest absolute Gasteiger partial charge is 0.430 e. The minimum absolute atomic E-state index is 0.0648. The van der Waals surface area contributed by atoms with E-state index >= 15 is 0 Å². The summed E-state index contributed by atoms with van der Waals surface area (Å²) in [5, 5.41) is 1.26. The zero-order valence-electron chi connectivity index (χ0n) is 22.4. The second-order valence-electron chi connectivity index (χ2n) is 9.03. The number of aromatic nitrogens is 2. The topological polar surface area (TPSA) is 114 Å². The third-order valence-electron chi connectivity index (χ3n) is 5.96. The molecule has 3 aromatic carbocycles. The molecule has 9 nitrogen and oxygen atoms in total. The van der Waals surface area contributed by atoms with Crippen LogP contribution in [-0.4, -0.2) is 48.5 Å². The number of halogens is 1. The molecule has 1 aliphatic rings. The maximum absolute atomic E-state index is 11.1. The number of ether oxygens (including phenoxy) is 1. The van der Waals surface area contributed by atoms with Crippen LogP contribution in [0.25, 0.3) is 0 Å². The van der Waals surface area contributed by atoms with Crippen molar-refractivity contribution in [1.82, 2.24) is 19.0 Å². The van der Waals surface area contributed by atoms with Crippen LogP contribution in [-0.2, 0) is 16.4 Å². The zero-order valence-corrected chi connectivity index (χ0v) is 24.8. The van der Waals surface area contributed by atoms with Crippen molar-refractivity contribution in [2.24, 2.45) is 4.99 Å². The first-order chi connectivity index (χ1) is 19.1. The van der Waals surface area contributed by atoms with E-state index in [4.69, 9.17) is 16.3 Å². The van der Waals surface area contributed by atoms with E-state index in [9.17, 15) is 13.2 Å². The van der Waals surface area contributed by atoms with E-state index in [-0.39, 0.29) is 10.5 Å². The second-order valence-corrected chi connectivity index (χ2v) is 11.8. The Morgan fingerprint density at radius 3 is 2.52 bits per heavy atom. The molecule has 0 radical (unpaired) electrons. The normalized spacial score (nSPS) is 13.4. The van der Waals surface area contributed by atoms with Crippen LogP contribution in [0.15, 0.2) is 70.6 Å². The van der Waals surface area contributed by atoms with E-state index in [1.165, 1.54) is 23.7 Å². The van der Waals surface area contributed by atoms with Crippen LogP contribution in [0.3, 0.4) is 0 Å². The number of rotatable bonds is 7. The monoisotopic (exact) mass is 597 g/mol. The van der Waals surface area contributed by atoms with E-state index in [1.54, 1.807) is 12.1 Å². The van der Waals surface area contributed by atoms with Crippen LogP contribution in [0.2, 0.25) is 5.02 Å². The van der Waals surface area contributed by atoms with Crippen molar-refractivity contribution in [3.8, 4) is 10.9 Å². The average molecular weight is 598 g/mol. The van der Waals surface area contributed by atoms with Gasteiger partial charge < -0.3 is 9.64 Å². The van der Waals surface area contributed by atoms with Gasteiger partial charge in [0.15, 0.2) is 5.82 Å². The van der Waals surface area contributed by atoms with Crippen molar-refractivity contribution in [3.63, 3.8) is 0 Å². The molecule has 4 aromatic rings. The number of nitrogens with zero attached hydrogens (tertiary/aromatic N) is 4. The summed E-state index contributed by atoms with van der Waals surface area (Å²) in [7, 11) is -1.55. The van der Waals surface area contributed by atoms with Gasteiger partial charge >= 0.3 is 0 Å². The molecule has 12 heteroatoms. The quantitative estimate of drug-likeness (QED) is 0.208. The predicted molar refractivity (Wildman–Crippen MR) is 158 cm³/mol. The number of hydrogen-bond donors (Lipinski definition) is 1. The smallest absolute Gasteiger partial charge is 0.298 e. The number of nitrogens with one attached hydrogen (secondary N) is 1. The number of carbonyl (C=O) groups is 1. The first-order valence-corrected chi connectivity index (χ1v) is 15.0. The van der Waals surface area contributed by atoms with Crippen LogP contribution in [0.4, 0.5) is 5.69 Å². The van der Waals surface area contributed by atoms with Crippen LogP contribution in [0.5, 0.6) is 10.9 Å². The summed E-state index contributed by atoms with van der Waals surface area (Å²) in [4.78, 5) is 22.1. The third kappa shape index (κ3) is 7.23. The van der Waals surface area contributed by atoms with Gasteiger partial charge in [0.1, 0.15) is 10.6 Å². The van der Waals surface area contributed by atoms with Gasteiger partial charge in [-0.1, -0.05) is 35.9 Å². The highest BCUT2D eigenvalue weighted by Gasteiger charge is 2.31. The standard InChI is InChI=1S/C21H23ClN4OS.C7H5NO3S/c1-5-26(4)13-23-18-10-15(3)19(11-14(18)2)27-21-24-20(25-28-21)12-16-6-8-17(22)9-7-16;9-7-5-3-1-2-4-6(5)12(10,11)8-7/h6-11,13H,5,12H2,1-4H3;1-4H,(H,8,9). The number of carbonyl (C=O) groups excluding carboxylic acids is 1. The van der Waals surface area contributed by atoms with Gasteiger partial charge in [-0.3, -0.25) is 4.79 Å². The Morgan fingerprint density at radius 1 is 1.10 bits per heavy atom.